The lowest BCUT2D eigenvalue weighted by Crippen LogP contribution is -2.41. The molecule has 2 heterocycles. The van der Waals surface area contributed by atoms with Crippen molar-refractivity contribution in [3.8, 4) is 0 Å². The predicted molar refractivity (Wildman–Crippen MR) is 96.4 cm³/mol. The second-order valence-corrected chi connectivity index (χ2v) is 6.96. The Balaban J connectivity index is 1.83. The maximum absolute atomic E-state index is 13.2. The van der Waals surface area contributed by atoms with Crippen LogP contribution in [-0.2, 0) is 28.7 Å². The summed E-state index contributed by atoms with van der Waals surface area (Å²) in [4.78, 5) is 29.4. The van der Waals surface area contributed by atoms with E-state index in [9.17, 15) is 22.8 Å². The quantitative estimate of drug-likeness (QED) is 0.847. The molecule has 9 heteroatoms. The zero-order valence-corrected chi connectivity index (χ0v) is 15.4. The molecule has 1 atom stereocenters. The van der Waals surface area contributed by atoms with Crippen LogP contribution in [0.15, 0.2) is 30.5 Å². The fourth-order valence-electron chi connectivity index (χ4n) is 3.50. The molecule has 0 saturated heterocycles. The first-order valence-corrected chi connectivity index (χ1v) is 8.94. The fourth-order valence-corrected chi connectivity index (χ4v) is 3.50. The highest BCUT2D eigenvalue weighted by Crippen LogP contribution is 2.33. The largest absolute Gasteiger partial charge is 0.449 e. The lowest BCUT2D eigenvalue weighted by Gasteiger charge is -2.30. The number of amides is 2. The van der Waals surface area contributed by atoms with Gasteiger partial charge in [-0.2, -0.15) is 13.2 Å². The van der Waals surface area contributed by atoms with Crippen LogP contribution < -0.4 is 10.6 Å². The number of primary amides is 1. The monoisotopic (exact) mass is 394 g/mol. The van der Waals surface area contributed by atoms with Crippen LogP contribution in [0.5, 0.6) is 0 Å². The van der Waals surface area contributed by atoms with E-state index >= 15 is 0 Å². The molecule has 1 aromatic carbocycles. The van der Waals surface area contributed by atoms with Crippen LogP contribution in [0.3, 0.4) is 0 Å². The minimum Gasteiger partial charge on any atom is -0.370 e. The van der Waals surface area contributed by atoms with Crippen molar-refractivity contribution >= 4 is 17.5 Å². The maximum Gasteiger partial charge on any atom is 0.449 e. The van der Waals surface area contributed by atoms with Crippen LogP contribution in [0.25, 0.3) is 0 Å². The summed E-state index contributed by atoms with van der Waals surface area (Å²) in [5.41, 5.74) is 7.21. The van der Waals surface area contributed by atoms with Crippen LogP contribution in [0.2, 0.25) is 0 Å². The van der Waals surface area contributed by atoms with Gasteiger partial charge in [0.1, 0.15) is 0 Å². The smallest absolute Gasteiger partial charge is 0.370 e. The first-order chi connectivity index (χ1) is 13.2. The molecule has 0 bridgehead atoms. The lowest BCUT2D eigenvalue weighted by molar-refractivity contribution is -0.147. The summed E-state index contributed by atoms with van der Waals surface area (Å²) in [5, 5.41) is 0. The number of aryl methyl sites for hydroxylation is 1. The van der Waals surface area contributed by atoms with Gasteiger partial charge in [0.05, 0.1) is 0 Å². The number of fused-ring (bicyclic) bond motifs is 1. The van der Waals surface area contributed by atoms with Gasteiger partial charge in [0.2, 0.25) is 17.6 Å². The Morgan fingerprint density at radius 3 is 2.75 bits per heavy atom. The number of carbonyl (C=O) groups is 2. The molecule has 0 spiro atoms. The average molecular weight is 394 g/mol. The van der Waals surface area contributed by atoms with Crippen LogP contribution in [0, 0.1) is 12.8 Å². The van der Waals surface area contributed by atoms with Gasteiger partial charge in [0, 0.05) is 49.4 Å². The van der Waals surface area contributed by atoms with Crippen molar-refractivity contribution in [1.29, 1.82) is 0 Å². The van der Waals surface area contributed by atoms with Gasteiger partial charge in [-0.1, -0.05) is 12.1 Å². The van der Waals surface area contributed by atoms with Gasteiger partial charge in [0.25, 0.3) is 0 Å². The van der Waals surface area contributed by atoms with E-state index in [1.807, 2.05) is 19.1 Å². The molecule has 0 fully saturated rings. The van der Waals surface area contributed by atoms with E-state index in [0.29, 0.717) is 11.4 Å². The number of aromatic nitrogens is 2. The molecule has 1 aliphatic heterocycles. The van der Waals surface area contributed by atoms with Crippen molar-refractivity contribution in [3.05, 3.63) is 47.5 Å². The molecule has 0 saturated carbocycles. The molecule has 150 valence electrons. The number of rotatable bonds is 5. The van der Waals surface area contributed by atoms with E-state index in [4.69, 9.17) is 5.73 Å². The molecule has 6 nitrogen and oxygen atoms in total. The van der Waals surface area contributed by atoms with Crippen LogP contribution in [0.1, 0.15) is 29.9 Å². The van der Waals surface area contributed by atoms with E-state index < -0.39 is 23.8 Å². The second kappa shape index (κ2) is 7.65. The first kappa shape index (κ1) is 19.9. The van der Waals surface area contributed by atoms with Crippen LogP contribution >= 0.6 is 0 Å². The standard InChI is InChI=1S/C19H21F3N4O2/c1-12-3-2-4-14(9-12)25(8-6-16(23)27)17(28)13-5-7-26-15(10-13)11-24-18(26)19(20,21)22/h2-4,9,11,13H,5-8,10H2,1H3,(H2,23,27)/t13-/m0/s1. The summed E-state index contributed by atoms with van der Waals surface area (Å²) >= 11 is 0. The number of nitrogens with two attached hydrogens (primary N) is 1. The third-order valence-electron chi connectivity index (χ3n) is 4.86. The third-order valence-corrected chi connectivity index (χ3v) is 4.86. The molecule has 0 radical (unpaired) electrons. The van der Waals surface area contributed by atoms with Crippen LogP contribution in [0.4, 0.5) is 18.9 Å². The number of halogens is 3. The van der Waals surface area contributed by atoms with Gasteiger partial charge in [-0.3, -0.25) is 9.59 Å². The minimum atomic E-state index is -4.52. The van der Waals surface area contributed by atoms with Gasteiger partial charge in [-0.05, 0) is 31.0 Å². The number of nitrogens with zero attached hydrogens (tertiary/aromatic N) is 3. The van der Waals surface area contributed by atoms with Crippen molar-refractivity contribution in [3.63, 3.8) is 0 Å². The molecule has 3 rings (SSSR count). The van der Waals surface area contributed by atoms with Crippen molar-refractivity contribution < 1.29 is 22.8 Å². The highest BCUT2D eigenvalue weighted by Gasteiger charge is 2.39. The Morgan fingerprint density at radius 1 is 1.36 bits per heavy atom. The molecule has 1 aromatic heterocycles. The van der Waals surface area contributed by atoms with Gasteiger partial charge in [-0.15, -0.1) is 0 Å². The molecular weight excluding hydrogens is 373 g/mol. The third kappa shape index (κ3) is 4.18. The molecule has 0 unspecified atom stereocenters. The normalized spacial score (nSPS) is 16.5. The Morgan fingerprint density at radius 2 is 2.11 bits per heavy atom. The molecule has 2 aromatic rings. The van der Waals surface area contributed by atoms with Gasteiger partial charge in [-0.25, -0.2) is 4.98 Å². The number of alkyl halides is 3. The summed E-state index contributed by atoms with van der Waals surface area (Å²) in [5.74, 6) is -2.17. The number of anilines is 1. The van der Waals surface area contributed by atoms with Crippen molar-refractivity contribution in [2.24, 2.45) is 11.7 Å². The Labute approximate surface area is 160 Å². The van der Waals surface area contributed by atoms with Gasteiger partial charge < -0.3 is 15.2 Å². The Bertz CT molecular complexity index is 892. The number of hydrogen-bond acceptors (Lipinski definition) is 3. The lowest BCUT2D eigenvalue weighted by atomic mass is 9.94. The van der Waals surface area contributed by atoms with E-state index in [1.54, 1.807) is 12.1 Å². The highest BCUT2D eigenvalue weighted by atomic mass is 19.4. The summed E-state index contributed by atoms with van der Waals surface area (Å²) in [6.45, 7) is 2.08. The Kier molecular flexibility index (Phi) is 5.44. The van der Waals surface area contributed by atoms with Crippen molar-refractivity contribution in [1.82, 2.24) is 9.55 Å². The van der Waals surface area contributed by atoms with E-state index in [2.05, 4.69) is 4.98 Å². The van der Waals surface area contributed by atoms with Gasteiger partial charge in [0.15, 0.2) is 0 Å². The first-order valence-electron chi connectivity index (χ1n) is 8.94. The predicted octanol–water partition coefficient (Wildman–Crippen LogP) is 2.68. The summed E-state index contributed by atoms with van der Waals surface area (Å²) in [6, 6.07) is 7.29. The van der Waals surface area contributed by atoms with E-state index in [1.165, 1.54) is 11.1 Å². The maximum atomic E-state index is 13.2. The molecule has 2 N–H and O–H groups in total. The number of carbonyl (C=O) groups excluding carboxylic acids is 2. The number of benzene rings is 1. The summed E-state index contributed by atoms with van der Waals surface area (Å²) < 4.78 is 40.2. The molecule has 28 heavy (non-hydrogen) atoms. The molecule has 0 aliphatic carbocycles. The topological polar surface area (TPSA) is 81.2 Å². The SMILES string of the molecule is Cc1cccc(N(CCC(N)=O)C(=O)[C@H]2CCn3c(cnc3C(F)(F)F)C2)c1. The molecule has 1 aliphatic rings. The zero-order chi connectivity index (χ0) is 20.5. The van der Waals surface area contributed by atoms with Crippen molar-refractivity contribution in [2.45, 2.75) is 38.9 Å². The van der Waals surface area contributed by atoms with E-state index in [-0.39, 0.29) is 38.3 Å². The number of hydrogen-bond donors (Lipinski definition) is 1. The number of imidazole rings is 1. The molecular formula is C19H21F3N4O2. The van der Waals surface area contributed by atoms with E-state index in [0.717, 1.165) is 10.1 Å². The highest BCUT2D eigenvalue weighted by molar-refractivity contribution is 5.96. The van der Waals surface area contributed by atoms with Crippen molar-refractivity contribution in [2.75, 3.05) is 11.4 Å². The minimum absolute atomic E-state index is 0.00254. The summed E-state index contributed by atoms with van der Waals surface area (Å²) in [6.07, 6.45) is -2.90. The molecule has 2 amide bonds. The fraction of sp³-hybridized carbons (Fsp3) is 0.421. The summed E-state index contributed by atoms with van der Waals surface area (Å²) in [7, 11) is 0. The second-order valence-electron chi connectivity index (χ2n) is 6.96. The average Bonchev–Trinajstić information content (AvgIpc) is 3.05. The zero-order valence-electron chi connectivity index (χ0n) is 15.4. The Hall–Kier alpha value is -2.84. The van der Waals surface area contributed by atoms with Gasteiger partial charge >= 0.3 is 6.18 Å². The van der Waals surface area contributed by atoms with Crippen LogP contribution in [-0.4, -0.2) is 27.9 Å².